The predicted octanol–water partition coefficient (Wildman–Crippen LogP) is -0.0962. The lowest BCUT2D eigenvalue weighted by atomic mass is 9.85. The SMILES string of the molecule is CC[C@@]1(OC2OC(CO)C(O)C(O)C2O)C(=O)OCc2c1cc1n(c2=O)Cc2cc3ccccc3nc2-1. The third-order valence-corrected chi connectivity index (χ3v) is 7.55. The number of aromatic nitrogens is 2. The standard InChI is InChI=1S/C26H26N2O9/c1-2-26(37-24-22(32)21(31)20(30)18(10-29)36-24)15-8-17-19-13(7-12-5-3-4-6-16(12)27-19)9-28(17)23(33)14(15)11-35-25(26)34/h3-8,18,20-22,24,29-32H,2,9-11H2,1H3/t18?,20?,21?,22?,24?,26-/m0/s1. The van der Waals surface area contributed by atoms with Gasteiger partial charge in [0.05, 0.1) is 35.6 Å². The number of hydrogen-bond acceptors (Lipinski definition) is 10. The van der Waals surface area contributed by atoms with Crippen molar-refractivity contribution in [2.24, 2.45) is 0 Å². The summed E-state index contributed by atoms with van der Waals surface area (Å²) in [5, 5.41) is 41.4. The molecule has 37 heavy (non-hydrogen) atoms. The van der Waals surface area contributed by atoms with E-state index in [1.165, 1.54) is 0 Å². The number of benzene rings is 1. The molecule has 11 heteroatoms. The Balaban J connectivity index is 1.49. The summed E-state index contributed by atoms with van der Waals surface area (Å²) < 4.78 is 18.5. The van der Waals surface area contributed by atoms with Gasteiger partial charge in [-0.3, -0.25) is 4.79 Å². The largest absolute Gasteiger partial charge is 0.458 e. The van der Waals surface area contributed by atoms with Crippen molar-refractivity contribution in [3.63, 3.8) is 0 Å². The average molecular weight is 510 g/mol. The first-order valence-corrected chi connectivity index (χ1v) is 12.1. The van der Waals surface area contributed by atoms with Crippen LogP contribution in [0.4, 0.5) is 0 Å². The number of ether oxygens (including phenoxy) is 3. The third-order valence-electron chi connectivity index (χ3n) is 7.55. The lowest BCUT2D eigenvalue weighted by molar-refractivity contribution is -0.328. The number of fused-ring (bicyclic) bond motifs is 5. The molecule has 11 nitrogen and oxygen atoms in total. The monoisotopic (exact) mass is 510 g/mol. The number of aliphatic hydroxyl groups is 4. The number of hydrogen-bond donors (Lipinski definition) is 4. The zero-order valence-electron chi connectivity index (χ0n) is 19.9. The number of carbonyl (C=O) groups excluding carboxylic acids is 1. The van der Waals surface area contributed by atoms with E-state index in [0.29, 0.717) is 17.9 Å². The van der Waals surface area contributed by atoms with E-state index in [9.17, 15) is 30.0 Å². The number of aliphatic hydroxyl groups excluding tert-OH is 4. The Hall–Kier alpha value is -3.19. The molecule has 6 atom stereocenters. The highest BCUT2D eigenvalue weighted by atomic mass is 16.7. The normalized spacial score (nSPS) is 30.5. The Morgan fingerprint density at radius 1 is 1.14 bits per heavy atom. The van der Waals surface area contributed by atoms with E-state index in [0.717, 1.165) is 16.5 Å². The zero-order chi connectivity index (χ0) is 26.1. The van der Waals surface area contributed by atoms with Gasteiger partial charge < -0.3 is 39.2 Å². The highest BCUT2D eigenvalue weighted by molar-refractivity contribution is 5.86. The number of esters is 1. The maximum atomic E-state index is 13.6. The Labute approximate surface area is 210 Å². The lowest BCUT2D eigenvalue weighted by Crippen LogP contribution is -2.61. The Kier molecular flexibility index (Phi) is 5.68. The predicted molar refractivity (Wildman–Crippen MR) is 127 cm³/mol. The van der Waals surface area contributed by atoms with Gasteiger partial charge in [0, 0.05) is 16.5 Å². The molecule has 0 saturated carbocycles. The van der Waals surface area contributed by atoms with E-state index in [-0.39, 0.29) is 29.7 Å². The van der Waals surface area contributed by atoms with Crippen molar-refractivity contribution in [3.05, 3.63) is 63.4 Å². The van der Waals surface area contributed by atoms with Crippen molar-refractivity contribution in [1.82, 2.24) is 9.55 Å². The number of rotatable bonds is 4. The van der Waals surface area contributed by atoms with Crippen molar-refractivity contribution in [3.8, 4) is 11.4 Å². The Morgan fingerprint density at radius 2 is 1.92 bits per heavy atom. The van der Waals surface area contributed by atoms with Crippen LogP contribution in [0.15, 0.2) is 41.2 Å². The highest BCUT2D eigenvalue weighted by Gasteiger charge is 2.53. The Morgan fingerprint density at radius 3 is 2.68 bits per heavy atom. The van der Waals surface area contributed by atoms with Gasteiger partial charge in [-0.2, -0.15) is 0 Å². The van der Waals surface area contributed by atoms with Gasteiger partial charge in [-0.1, -0.05) is 25.1 Å². The average Bonchev–Trinajstić information content (AvgIpc) is 3.27. The number of pyridine rings is 2. The molecule has 0 amide bonds. The smallest absolute Gasteiger partial charge is 0.343 e. The van der Waals surface area contributed by atoms with Gasteiger partial charge >= 0.3 is 5.97 Å². The molecule has 3 aliphatic heterocycles. The molecule has 3 aromatic rings. The first-order chi connectivity index (χ1) is 17.8. The van der Waals surface area contributed by atoms with Crippen LogP contribution in [0.3, 0.4) is 0 Å². The summed E-state index contributed by atoms with van der Waals surface area (Å²) in [5.74, 6) is -0.784. The van der Waals surface area contributed by atoms with E-state index in [1.54, 1.807) is 17.6 Å². The van der Waals surface area contributed by atoms with Gasteiger partial charge in [-0.15, -0.1) is 0 Å². The van der Waals surface area contributed by atoms with Gasteiger partial charge in [0.15, 0.2) is 11.9 Å². The van der Waals surface area contributed by atoms with Crippen LogP contribution in [-0.2, 0) is 37.8 Å². The number of carbonyl (C=O) groups is 1. The second-order valence-electron chi connectivity index (χ2n) is 9.57. The van der Waals surface area contributed by atoms with Crippen molar-refractivity contribution in [1.29, 1.82) is 0 Å². The minimum atomic E-state index is -1.85. The first-order valence-electron chi connectivity index (χ1n) is 12.1. The first kappa shape index (κ1) is 24.2. The molecule has 5 unspecified atom stereocenters. The number of cyclic esters (lactones) is 1. The van der Waals surface area contributed by atoms with Crippen LogP contribution in [0.1, 0.15) is 30.0 Å². The molecular formula is C26H26N2O9. The van der Waals surface area contributed by atoms with Crippen LogP contribution in [0, 0.1) is 0 Å². The van der Waals surface area contributed by atoms with Gasteiger partial charge in [0.2, 0.25) is 0 Å². The van der Waals surface area contributed by atoms with Crippen LogP contribution < -0.4 is 5.56 Å². The van der Waals surface area contributed by atoms with Gasteiger partial charge in [-0.05, 0) is 24.6 Å². The molecule has 0 radical (unpaired) electrons. The quantitative estimate of drug-likeness (QED) is 0.273. The zero-order valence-corrected chi connectivity index (χ0v) is 19.9. The molecule has 0 bridgehead atoms. The number of nitrogens with zero attached hydrogens (tertiary/aromatic N) is 2. The van der Waals surface area contributed by atoms with Crippen molar-refractivity contribution in [2.75, 3.05) is 6.61 Å². The molecule has 0 spiro atoms. The van der Waals surface area contributed by atoms with Crippen LogP contribution in [0.25, 0.3) is 22.3 Å². The van der Waals surface area contributed by atoms with Gasteiger partial charge in [0.1, 0.15) is 31.0 Å². The fourth-order valence-electron chi connectivity index (χ4n) is 5.47. The lowest BCUT2D eigenvalue weighted by Gasteiger charge is -2.44. The van der Waals surface area contributed by atoms with Crippen molar-refractivity contribution in [2.45, 2.75) is 62.8 Å². The van der Waals surface area contributed by atoms with E-state index >= 15 is 0 Å². The second kappa shape index (κ2) is 8.69. The topological polar surface area (TPSA) is 161 Å². The molecule has 1 aromatic carbocycles. The molecule has 3 aliphatic rings. The molecular weight excluding hydrogens is 484 g/mol. The minimum absolute atomic E-state index is 0.00868. The van der Waals surface area contributed by atoms with Crippen molar-refractivity contribution < 1.29 is 39.4 Å². The summed E-state index contributed by atoms with van der Waals surface area (Å²) in [6, 6.07) is 11.3. The van der Waals surface area contributed by atoms with E-state index in [1.807, 2.05) is 30.3 Å². The molecule has 5 heterocycles. The van der Waals surface area contributed by atoms with E-state index in [2.05, 4.69) is 0 Å². The summed E-state index contributed by atoms with van der Waals surface area (Å²) in [7, 11) is 0. The molecule has 6 rings (SSSR count). The van der Waals surface area contributed by atoms with Crippen LogP contribution in [0.2, 0.25) is 0 Å². The molecule has 1 saturated heterocycles. The van der Waals surface area contributed by atoms with Gasteiger partial charge in [0.25, 0.3) is 5.56 Å². The highest BCUT2D eigenvalue weighted by Crippen LogP contribution is 2.42. The van der Waals surface area contributed by atoms with Gasteiger partial charge in [-0.25, -0.2) is 9.78 Å². The van der Waals surface area contributed by atoms with E-state index in [4.69, 9.17) is 19.2 Å². The molecule has 0 aliphatic carbocycles. The van der Waals surface area contributed by atoms with Crippen LogP contribution >= 0.6 is 0 Å². The van der Waals surface area contributed by atoms with E-state index < -0.39 is 48.9 Å². The number of para-hydroxylation sites is 1. The van der Waals surface area contributed by atoms with Crippen molar-refractivity contribution >= 4 is 16.9 Å². The Bertz CT molecular complexity index is 1470. The fraction of sp³-hybridized carbons (Fsp3) is 0.423. The summed E-state index contributed by atoms with van der Waals surface area (Å²) in [6.07, 6.45) is -7.84. The summed E-state index contributed by atoms with van der Waals surface area (Å²) >= 11 is 0. The molecule has 4 N–H and O–H groups in total. The summed E-state index contributed by atoms with van der Waals surface area (Å²) in [4.78, 5) is 31.7. The molecule has 2 aromatic heterocycles. The molecule has 1 fully saturated rings. The summed E-state index contributed by atoms with van der Waals surface area (Å²) in [6.45, 7) is 1.06. The minimum Gasteiger partial charge on any atom is -0.458 e. The van der Waals surface area contributed by atoms with Crippen LogP contribution in [0.5, 0.6) is 0 Å². The maximum absolute atomic E-state index is 13.6. The summed E-state index contributed by atoms with van der Waals surface area (Å²) in [5.41, 5.74) is 1.06. The fourth-order valence-corrected chi connectivity index (χ4v) is 5.47. The third kappa shape index (κ3) is 3.46. The maximum Gasteiger partial charge on any atom is 0.343 e. The van der Waals surface area contributed by atoms with Crippen LogP contribution in [-0.4, -0.2) is 73.3 Å². The second-order valence-corrected chi connectivity index (χ2v) is 9.57. The molecule has 194 valence electrons.